The highest BCUT2D eigenvalue weighted by Crippen LogP contribution is 2.23. The highest BCUT2D eigenvalue weighted by molar-refractivity contribution is 6.00. The van der Waals surface area contributed by atoms with E-state index in [0.29, 0.717) is 29.4 Å². The highest BCUT2D eigenvalue weighted by atomic mass is 19.1. The third-order valence-electron chi connectivity index (χ3n) is 5.47. The van der Waals surface area contributed by atoms with Crippen LogP contribution in [0.4, 0.5) is 26.2 Å². The van der Waals surface area contributed by atoms with Crippen molar-refractivity contribution in [2.24, 2.45) is 5.92 Å². The topological polar surface area (TPSA) is 73.5 Å². The maximum Gasteiger partial charge on any atom is 0.323 e. The lowest BCUT2D eigenvalue weighted by Crippen LogP contribution is -2.31. The van der Waals surface area contributed by atoms with Crippen LogP contribution in [0.25, 0.3) is 0 Å². The first-order chi connectivity index (χ1) is 15.6. The van der Waals surface area contributed by atoms with Crippen LogP contribution in [-0.4, -0.2) is 31.6 Å². The summed E-state index contributed by atoms with van der Waals surface area (Å²) in [5, 5.41) is 8.48. The zero-order valence-electron chi connectivity index (χ0n) is 17.6. The zero-order valence-corrected chi connectivity index (χ0v) is 17.6. The molecule has 1 aliphatic heterocycles. The molecule has 1 unspecified atom stereocenters. The van der Waals surface area contributed by atoms with Gasteiger partial charge in [-0.2, -0.15) is 0 Å². The van der Waals surface area contributed by atoms with Gasteiger partial charge in [-0.05, 0) is 73.0 Å². The number of carbonyl (C=O) groups is 2. The summed E-state index contributed by atoms with van der Waals surface area (Å²) >= 11 is 0. The van der Waals surface area contributed by atoms with Crippen LogP contribution >= 0.6 is 0 Å². The largest absolute Gasteiger partial charge is 0.371 e. The minimum atomic E-state index is -0.347. The van der Waals surface area contributed by atoms with Crippen molar-refractivity contribution in [3.63, 3.8) is 0 Å². The Morgan fingerprint density at radius 1 is 0.875 bits per heavy atom. The molecule has 32 heavy (non-hydrogen) atoms. The van der Waals surface area contributed by atoms with Gasteiger partial charge >= 0.3 is 6.03 Å². The van der Waals surface area contributed by atoms with Crippen LogP contribution < -0.4 is 20.9 Å². The number of rotatable bonds is 6. The van der Waals surface area contributed by atoms with Crippen molar-refractivity contribution in [2.75, 3.05) is 35.2 Å². The summed E-state index contributed by atoms with van der Waals surface area (Å²) in [6.07, 6.45) is 0.969. The normalized spacial score (nSPS) is 15.3. The first-order valence-electron chi connectivity index (χ1n) is 10.6. The van der Waals surface area contributed by atoms with Gasteiger partial charge < -0.3 is 20.9 Å². The maximum absolute atomic E-state index is 13.1. The molecule has 6 nitrogen and oxygen atoms in total. The fourth-order valence-electron chi connectivity index (χ4n) is 3.74. The fraction of sp³-hybridized carbons (Fsp3) is 0.200. The number of urea groups is 1. The Morgan fingerprint density at radius 2 is 1.53 bits per heavy atom. The Bertz CT molecular complexity index is 1060. The van der Waals surface area contributed by atoms with E-state index in [1.807, 2.05) is 18.2 Å². The minimum absolute atomic E-state index is 0.148. The molecular weight excluding hydrogens is 407 g/mol. The van der Waals surface area contributed by atoms with Crippen molar-refractivity contribution in [2.45, 2.75) is 6.42 Å². The quantitative estimate of drug-likeness (QED) is 0.527. The molecule has 3 aromatic carbocycles. The molecule has 1 atom stereocenters. The summed E-state index contributed by atoms with van der Waals surface area (Å²) in [6, 6.07) is 22.1. The van der Waals surface area contributed by atoms with Crippen molar-refractivity contribution in [3.8, 4) is 0 Å². The second-order valence-corrected chi connectivity index (χ2v) is 7.81. The molecule has 3 amide bonds. The van der Waals surface area contributed by atoms with E-state index in [2.05, 4.69) is 20.9 Å². The van der Waals surface area contributed by atoms with Crippen LogP contribution in [0.3, 0.4) is 0 Å². The average molecular weight is 432 g/mol. The molecule has 1 heterocycles. The Hall–Kier alpha value is -3.87. The third kappa shape index (κ3) is 5.63. The van der Waals surface area contributed by atoms with Gasteiger partial charge in [0.2, 0.25) is 0 Å². The fourth-order valence-corrected chi connectivity index (χ4v) is 3.74. The number of carbonyl (C=O) groups excluding carboxylic acids is 2. The van der Waals surface area contributed by atoms with E-state index in [1.165, 1.54) is 12.1 Å². The summed E-state index contributed by atoms with van der Waals surface area (Å²) in [7, 11) is 0. The number of halogens is 1. The molecule has 0 saturated carbocycles. The van der Waals surface area contributed by atoms with Crippen molar-refractivity contribution < 1.29 is 14.0 Å². The molecule has 0 aromatic heterocycles. The third-order valence-corrected chi connectivity index (χ3v) is 5.47. The predicted molar refractivity (Wildman–Crippen MR) is 125 cm³/mol. The van der Waals surface area contributed by atoms with E-state index in [-0.39, 0.29) is 17.8 Å². The highest BCUT2D eigenvalue weighted by Gasteiger charge is 2.23. The predicted octanol–water partition coefficient (Wildman–Crippen LogP) is 4.73. The summed E-state index contributed by atoms with van der Waals surface area (Å²) in [5.41, 5.74) is 2.83. The van der Waals surface area contributed by atoms with E-state index in [4.69, 9.17) is 0 Å². The van der Waals surface area contributed by atoms with Crippen LogP contribution in [0.1, 0.15) is 16.8 Å². The van der Waals surface area contributed by atoms with Crippen molar-refractivity contribution >= 4 is 29.0 Å². The van der Waals surface area contributed by atoms with Gasteiger partial charge in [-0.1, -0.05) is 18.2 Å². The van der Waals surface area contributed by atoms with Crippen molar-refractivity contribution in [1.82, 2.24) is 5.32 Å². The number of benzene rings is 3. The molecule has 7 heteroatoms. The number of nitrogens with one attached hydrogen (secondary N) is 3. The smallest absolute Gasteiger partial charge is 0.323 e. The SMILES string of the molecule is O=C(Nc1ccccc1)Nc1ccc(C(=O)NCC2CCN(c3ccc(F)cc3)C2)cc1. The lowest BCUT2D eigenvalue weighted by Gasteiger charge is -2.19. The molecule has 0 aliphatic carbocycles. The van der Waals surface area contributed by atoms with Crippen LogP contribution in [0.5, 0.6) is 0 Å². The summed E-state index contributed by atoms with van der Waals surface area (Å²) in [5.74, 6) is -0.0491. The number of hydrogen-bond donors (Lipinski definition) is 3. The number of hydrogen-bond acceptors (Lipinski definition) is 3. The lowest BCUT2D eigenvalue weighted by atomic mass is 10.1. The second kappa shape index (κ2) is 9.96. The van der Waals surface area contributed by atoms with E-state index in [1.54, 1.807) is 48.5 Å². The van der Waals surface area contributed by atoms with E-state index < -0.39 is 0 Å². The van der Waals surface area contributed by atoms with Crippen molar-refractivity contribution in [3.05, 3.63) is 90.2 Å². The number of anilines is 3. The van der Waals surface area contributed by atoms with Gasteiger partial charge in [-0.15, -0.1) is 0 Å². The summed E-state index contributed by atoms with van der Waals surface area (Å²) < 4.78 is 13.1. The van der Waals surface area contributed by atoms with E-state index in [0.717, 1.165) is 25.2 Å². The van der Waals surface area contributed by atoms with Crippen LogP contribution in [0.15, 0.2) is 78.9 Å². The second-order valence-electron chi connectivity index (χ2n) is 7.81. The number of amides is 3. The standard InChI is InChI=1S/C25H25FN4O2/c26-20-8-12-23(13-9-20)30-15-14-18(17-30)16-27-24(31)19-6-10-22(11-7-19)29-25(32)28-21-4-2-1-3-5-21/h1-13,18H,14-17H2,(H,27,31)(H2,28,29,32). The monoisotopic (exact) mass is 432 g/mol. The number of nitrogens with zero attached hydrogens (tertiary/aromatic N) is 1. The van der Waals surface area contributed by atoms with Gasteiger partial charge in [0, 0.05) is 42.3 Å². The molecule has 1 aliphatic rings. The summed E-state index contributed by atoms with van der Waals surface area (Å²) in [6.45, 7) is 2.29. The Kier molecular flexibility index (Phi) is 6.65. The first-order valence-corrected chi connectivity index (χ1v) is 10.6. The lowest BCUT2D eigenvalue weighted by molar-refractivity contribution is 0.0948. The zero-order chi connectivity index (χ0) is 22.3. The van der Waals surface area contributed by atoms with Crippen LogP contribution in [-0.2, 0) is 0 Å². The molecule has 3 aromatic rings. The van der Waals surface area contributed by atoms with E-state index in [9.17, 15) is 14.0 Å². The Balaban J connectivity index is 1.23. The Labute approximate surface area is 186 Å². The van der Waals surface area contributed by atoms with Gasteiger partial charge in [-0.25, -0.2) is 9.18 Å². The Morgan fingerprint density at radius 3 is 2.22 bits per heavy atom. The molecule has 0 bridgehead atoms. The number of para-hydroxylation sites is 1. The van der Waals surface area contributed by atoms with Crippen LogP contribution in [0.2, 0.25) is 0 Å². The van der Waals surface area contributed by atoms with Crippen LogP contribution in [0, 0.1) is 11.7 Å². The van der Waals surface area contributed by atoms with Gasteiger partial charge in [0.05, 0.1) is 0 Å². The van der Waals surface area contributed by atoms with Crippen molar-refractivity contribution in [1.29, 1.82) is 0 Å². The summed E-state index contributed by atoms with van der Waals surface area (Å²) in [4.78, 5) is 26.8. The molecule has 0 radical (unpaired) electrons. The maximum atomic E-state index is 13.1. The van der Waals surface area contributed by atoms with E-state index >= 15 is 0 Å². The first kappa shape index (κ1) is 21.4. The molecule has 4 rings (SSSR count). The van der Waals surface area contributed by atoms with Gasteiger partial charge in [0.1, 0.15) is 5.82 Å². The van der Waals surface area contributed by atoms with Gasteiger partial charge in [0.25, 0.3) is 5.91 Å². The molecule has 3 N–H and O–H groups in total. The average Bonchev–Trinajstić information content (AvgIpc) is 3.28. The van der Waals surface area contributed by atoms with Gasteiger partial charge in [0.15, 0.2) is 0 Å². The molecular formula is C25H25FN4O2. The van der Waals surface area contributed by atoms with Gasteiger partial charge in [-0.3, -0.25) is 4.79 Å². The molecule has 0 spiro atoms. The molecule has 1 saturated heterocycles. The minimum Gasteiger partial charge on any atom is -0.371 e. The molecule has 164 valence electrons. The molecule has 1 fully saturated rings.